The molecule has 2 aromatic heterocycles. The van der Waals surface area contributed by atoms with Gasteiger partial charge in [0.05, 0.1) is 0 Å². The second kappa shape index (κ2) is 5.54. The minimum atomic E-state index is -3.56. The van der Waals surface area contributed by atoms with Crippen molar-refractivity contribution >= 4 is 33.0 Å². The number of thiophene rings is 1. The standard InChI is InChI=1S/C11H14N4O2S2/c1-8(2)12-9-5-6-10(14-13-9)15-19(16,17)11-4-3-7-18-11/h3-8H,1-2H3,(H,12,13)(H,14,15). The summed E-state index contributed by atoms with van der Waals surface area (Å²) in [5, 5.41) is 12.5. The van der Waals surface area contributed by atoms with E-state index >= 15 is 0 Å². The molecule has 0 aromatic carbocycles. The maximum Gasteiger partial charge on any atom is 0.272 e. The Balaban J connectivity index is 2.12. The van der Waals surface area contributed by atoms with E-state index in [9.17, 15) is 8.42 Å². The first kappa shape index (κ1) is 13.8. The van der Waals surface area contributed by atoms with E-state index in [4.69, 9.17) is 0 Å². The van der Waals surface area contributed by atoms with E-state index in [0.29, 0.717) is 5.82 Å². The van der Waals surface area contributed by atoms with Gasteiger partial charge in [0.1, 0.15) is 10.0 Å². The molecule has 0 saturated heterocycles. The van der Waals surface area contributed by atoms with E-state index in [2.05, 4.69) is 20.2 Å². The second-order valence-corrected chi connectivity index (χ2v) is 7.00. The van der Waals surface area contributed by atoms with Gasteiger partial charge in [0.25, 0.3) is 10.0 Å². The predicted molar refractivity (Wildman–Crippen MR) is 75.9 cm³/mol. The van der Waals surface area contributed by atoms with Crippen LogP contribution in [0.4, 0.5) is 11.6 Å². The van der Waals surface area contributed by atoms with E-state index in [0.717, 1.165) is 11.3 Å². The molecule has 0 aliphatic heterocycles. The van der Waals surface area contributed by atoms with Crippen molar-refractivity contribution in [2.45, 2.75) is 24.1 Å². The van der Waals surface area contributed by atoms with Crippen molar-refractivity contribution in [2.24, 2.45) is 0 Å². The Kier molecular flexibility index (Phi) is 4.01. The maximum absolute atomic E-state index is 11.9. The van der Waals surface area contributed by atoms with Crippen LogP contribution in [0.5, 0.6) is 0 Å². The highest BCUT2D eigenvalue weighted by Crippen LogP contribution is 2.19. The average Bonchev–Trinajstić information content (AvgIpc) is 2.85. The summed E-state index contributed by atoms with van der Waals surface area (Å²) in [5.74, 6) is 0.803. The largest absolute Gasteiger partial charge is 0.366 e. The lowest BCUT2D eigenvalue weighted by Gasteiger charge is -2.09. The number of nitrogens with zero attached hydrogens (tertiary/aromatic N) is 2. The van der Waals surface area contributed by atoms with Gasteiger partial charge in [-0.05, 0) is 37.4 Å². The number of aromatic nitrogens is 2. The average molecular weight is 298 g/mol. The highest BCUT2D eigenvalue weighted by Gasteiger charge is 2.15. The first-order valence-electron chi connectivity index (χ1n) is 5.64. The molecular formula is C11H14N4O2S2. The summed E-state index contributed by atoms with van der Waals surface area (Å²) in [6, 6.07) is 6.71. The molecule has 0 radical (unpaired) electrons. The summed E-state index contributed by atoms with van der Waals surface area (Å²) < 4.78 is 26.5. The molecule has 2 heterocycles. The molecule has 8 heteroatoms. The number of nitrogens with one attached hydrogen (secondary N) is 2. The lowest BCUT2D eigenvalue weighted by atomic mass is 10.4. The zero-order chi connectivity index (χ0) is 13.9. The van der Waals surface area contributed by atoms with Crippen molar-refractivity contribution in [3.8, 4) is 0 Å². The van der Waals surface area contributed by atoms with Crippen molar-refractivity contribution < 1.29 is 8.42 Å². The lowest BCUT2D eigenvalue weighted by molar-refractivity contribution is 0.603. The summed E-state index contributed by atoms with van der Waals surface area (Å²) >= 11 is 1.15. The molecule has 6 nitrogen and oxygen atoms in total. The quantitative estimate of drug-likeness (QED) is 0.883. The maximum atomic E-state index is 11.9. The van der Waals surface area contributed by atoms with Crippen LogP contribution in [0.3, 0.4) is 0 Å². The highest BCUT2D eigenvalue weighted by atomic mass is 32.2. The van der Waals surface area contributed by atoms with Gasteiger partial charge in [0, 0.05) is 6.04 Å². The Labute approximate surface area is 115 Å². The molecule has 0 fully saturated rings. The van der Waals surface area contributed by atoms with Gasteiger partial charge in [-0.2, -0.15) is 0 Å². The van der Waals surface area contributed by atoms with Crippen LogP contribution in [0, 0.1) is 0 Å². The van der Waals surface area contributed by atoms with Gasteiger partial charge < -0.3 is 5.32 Å². The number of anilines is 2. The Hall–Kier alpha value is -1.67. The SMILES string of the molecule is CC(C)Nc1ccc(NS(=O)(=O)c2cccs2)nn1. The molecule has 2 aromatic rings. The van der Waals surface area contributed by atoms with Crippen molar-refractivity contribution in [1.29, 1.82) is 0 Å². The van der Waals surface area contributed by atoms with Crippen LogP contribution in [0.15, 0.2) is 33.9 Å². The summed E-state index contributed by atoms with van der Waals surface area (Å²) in [7, 11) is -3.56. The van der Waals surface area contributed by atoms with Gasteiger partial charge >= 0.3 is 0 Å². The van der Waals surface area contributed by atoms with Crippen LogP contribution in [0.2, 0.25) is 0 Å². The summed E-state index contributed by atoms with van der Waals surface area (Å²) in [4.78, 5) is 0. The van der Waals surface area contributed by atoms with E-state index in [-0.39, 0.29) is 16.1 Å². The summed E-state index contributed by atoms with van der Waals surface area (Å²) in [6.07, 6.45) is 0. The fourth-order valence-corrected chi connectivity index (χ4v) is 3.35. The monoisotopic (exact) mass is 298 g/mol. The topological polar surface area (TPSA) is 84.0 Å². The van der Waals surface area contributed by atoms with Crippen LogP contribution < -0.4 is 10.0 Å². The third kappa shape index (κ3) is 3.65. The molecule has 2 rings (SSSR count). The molecule has 0 saturated carbocycles. The minimum Gasteiger partial charge on any atom is -0.366 e. The molecule has 19 heavy (non-hydrogen) atoms. The fraction of sp³-hybridized carbons (Fsp3) is 0.273. The van der Waals surface area contributed by atoms with Crippen LogP contribution in [0.1, 0.15) is 13.8 Å². The molecule has 0 aliphatic rings. The minimum absolute atomic E-state index is 0.197. The number of hydrogen-bond donors (Lipinski definition) is 2. The third-order valence-electron chi connectivity index (χ3n) is 2.10. The fourth-order valence-electron chi connectivity index (χ4n) is 1.36. The first-order valence-corrected chi connectivity index (χ1v) is 8.00. The normalized spacial score (nSPS) is 11.5. The Morgan fingerprint density at radius 1 is 1.16 bits per heavy atom. The van der Waals surface area contributed by atoms with Crippen molar-refractivity contribution in [1.82, 2.24) is 10.2 Å². The molecule has 102 valence electrons. The molecule has 0 atom stereocenters. The molecule has 2 N–H and O–H groups in total. The Morgan fingerprint density at radius 2 is 1.84 bits per heavy atom. The molecule has 0 amide bonds. The van der Waals surface area contributed by atoms with E-state index in [1.807, 2.05) is 13.8 Å². The van der Waals surface area contributed by atoms with Crippen LogP contribution in [-0.2, 0) is 10.0 Å². The molecule has 0 spiro atoms. The summed E-state index contributed by atoms with van der Waals surface area (Å²) in [5.41, 5.74) is 0. The smallest absolute Gasteiger partial charge is 0.272 e. The van der Waals surface area contributed by atoms with E-state index in [1.54, 1.807) is 23.6 Å². The van der Waals surface area contributed by atoms with Crippen LogP contribution in [-0.4, -0.2) is 24.7 Å². The second-order valence-electron chi connectivity index (χ2n) is 4.14. The third-order valence-corrected chi connectivity index (χ3v) is 4.85. The predicted octanol–water partition coefficient (Wildman–Crippen LogP) is 2.16. The zero-order valence-electron chi connectivity index (χ0n) is 10.5. The van der Waals surface area contributed by atoms with Gasteiger partial charge in [-0.25, -0.2) is 8.42 Å². The molecule has 0 unspecified atom stereocenters. The first-order chi connectivity index (χ1) is 8.97. The summed E-state index contributed by atoms with van der Waals surface area (Å²) in [6.45, 7) is 3.96. The zero-order valence-corrected chi connectivity index (χ0v) is 12.1. The molecule has 0 bridgehead atoms. The molecule has 0 aliphatic carbocycles. The highest BCUT2D eigenvalue weighted by molar-refractivity contribution is 7.94. The number of sulfonamides is 1. The lowest BCUT2D eigenvalue weighted by Crippen LogP contribution is -2.14. The van der Waals surface area contributed by atoms with Crippen LogP contribution in [0.25, 0.3) is 0 Å². The Bertz CT molecular complexity index is 621. The van der Waals surface area contributed by atoms with Gasteiger partial charge in [-0.1, -0.05) is 6.07 Å². The van der Waals surface area contributed by atoms with E-state index < -0.39 is 10.0 Å². The van der Waals surface area contributed by atoms with Crippen molar-refractivity contribution in [2.75, 3.05) is 10.0 Å². The number of rotatable bonds is 5. The van der Waals surface area contributed by atoms with Gasteiger partial charge in [0.15, 0.2) is 5.82 Å². The number of hydrogen-bond acceptors (Lipinski definition) is 6. The molecular weight excluding hydrogens is 284 g/mol. The van der Waals surface area contributed by atoms with Gasteiger partial charge in [-0.3, -0.25) is 4.72 Å². The van der Waals surface area contributed by atoms with Gasteiger partial charge in [0.2, 0.25) is 0 Å². The van der Waals surface area contributed by atoms with E-state index in [1.165, 1.54) is 6.07 Å². The van der Waals surface area contributed by atoms with Crippen molar-refractivity contribution in [3.63, 3.8) is 0 Å². The Morgan fingerprint density at radius 3 is 2.37 bits per heavy atom. The van der Waals surface area contributed by atoms with Crippen molar-refractivity contribution in [3.05, 3.63) is 29.6 Å². The van der Waals surface area contributed by atoms with Crippen LogP contribution >= 0.6 is 11.3 Å². The van der Waals surface area contributed by atoms with Gasteiger partial charge in [-0.15, -0.1) is 21.5 Å².